The van der Waals surface area contributed by atoms with Crippen molar-refractivity contribution in [3.05, 3.63) is 65.7 Å². The molecule has 0 bridgehead atoms. The van der Waals surface area contributed by atoms with Crippen molar-refractivity contribution < 1.29 is 28.1 Å². The van der Waals surface area contributed by atoms with E-state index in [1.807, 2.05) is 0 Å². The van der Waals surface area contributed by atoms with Crippen molar-refractivity contribution in [2.75, 3.05) is 4.90 Å². The molecule has 0 unspecified atom stereocenters. The quantitative estimate of drug-likeness (QED) is 0.860. The molecule has 7 heteroatoms. The van der Waals surface area contributed by atoms with E-state index in [1.165, 1.54) is 6.07 Å². The van der Waals surface area contributed by atoms with Gasteiger partial charge in [0.15, 0.2) is 6.04 Å². The number of amides is 2. The Morgan fingerprint density at radius 2 is 1.76 bits per heavy atom. The normalized spacial score (nSPS) is 18.0. The summed E-state index contributed by atoms with van der Waals surface area (Å²) in [5.74, 6) is -0.648. The van der Waals surface area contributed by atoms with Gasteiger partial charge in [-0.25, -0.2) is 4.90 Å². The van der Waals surface area contributed by atoms with E-state index in [4.69, 9.17) is 0 Å². The van der Waals surface area contributed by atoms with Gasteiger partial charge in [0, 0.05) is 5.56 Å². The van der Waals surface area contributed by atoms with Crippen LogP contribution < -0.4 is 10.2 Å². The van der Waals surface area contributed by atoms with Gasteiger partial charge in [-0.1, -0.05) is 30.3 Å². The highest BCUT2D eigenvalue weighted by molar-refractivity contribution is 6.21. The van der Waals surface area contributed by atoms with Gasteiger partial charge in [-0.15, -0.1) is 0 Å². The highest BCUT2D eigenvalue weighted by Gasteiger charge is 2.42. The van der Waals surface area contributed by atoms with Crippen LogP contribution in [-0.4, -0.2) is 17.9 Å². The number of anilines is 1. The monoisotopic (exact) mass is 349 g/mol. The average Bonchev–Trinajstić information content (AvgIpc) is 2.87. The third-order valence-electron chi connectivity index (χ3n) is 4.09. The molecular weight excluding hydrogens is 333 g/mol. The van der Waals surface area contributed by atoms with Crippen molar-refractivity contribution in [1.82, 2.24) is 0 Å². The molecule has 0 spiro atoms. The summed E-state index contributed by atoms with van der Waals surface area (Å²) < 4.78 is 38.2. The summed E-state index contributed by atoms with van der Waals surface area (Å²) in [5.41, 5.74) is 0.235. The maximum Gasteiger partial charge on any atom is 0.416 e. The number of quaternary nitrogens is 1. The van der Waals surface area contributed by atoms with Crippen molar-refractivity contribution in [1.29, 1.82) is 0 Å². The van der Waals surface area contributed by atoms with E-state index in [-0.39, 0.29) is 24.8 Å². The van der Waals surface area contributed by atoms with E-state index in [9.17, 15) is 22.8 Å². The first kappa shape index (κ1) is 17.2. The Labute approximate surface area is 142 Å². The summed E-state index contributed by atoms with van der Waals surface area (Å²) in [4.78, 5) is 25.7. The Hall–Kier alpha value is -2.67. The van der Waals surface area contributed by atoms with Gasteiger partial charge in [0.2, 0.25) is 5.91 Å². The van der Waals surface area contributed by atoms with Crippen molar-refractivity contribution in [2.24, 2.45) is 0 Å². The van der Waals surface area contributed by atoms with Crippen molar-refractivity contribution in [2.45, 2.75) is 25.2 Å². The fourth-order valence-corrected chi connectivity index (χ4v) is 2.84. The van der Waals surface area contributed by atoms with E-state index < -0.39 is 17.8 Å². The highest BCUT2D eigenvalue weighted by atomic mass is 19.4. The SMILES string of the molecule is O=C1C[C@H]([NH2+]Cc2cccc(C(F)(F)F)c2)C(=O)N1c1ccccc1. The molecule has 130 valence electrons. The second-order valence-corrected chi connectivity index (χ2v) is 5.85. The van der Waals surface area contributed by atoms with Crippen LogP contribution in [0.25, 0.3) is 0 Å². The largest absolute Gasteiger partial charge is 0.416 e. The molecule has 1 atom stereocenters. The summed E-state index contributed by atoms with van der Waals surface area (Å²) in [5, 5.41) is 1.61. The second-order valence-electron chi connectivity index (χ2n) is 5.85. The predicted octanol–water partition coefficient (Wildman–Crippen LogP) is 2.10. The molecule has 2 amide bonds. The number of carbonyl (C=O) groups is 2. The zero-order chi connectivity index (χ0) is 18.0. The van der Waals surface area contributed by atoms with Gasteiger partial charge in [-0.05, 0) is 24.3 Å². The summed E-state index contributed by atoms with van der Waals surface area (Å²) in [6, 6.07) is 12.9. The summed E-state index contributed by atoms with van der Waals surface area (Å²) in [6.07, 6.45) is -4.37. The van der Waals surface area contributed by atoms with Crippen LogP contribution in [0.4, 0.5) is 18.9 Å². The number of halogens is 3. The summed E-state index contributed by atoms with van der Waals surface area (Å²) >= 11 is 0. The van der Waals surface area contributed by atoms with Gasteiger partial charge >= 0.3 is 6.18 Å². The highest BCUT2D eigenvalue weighted by Crippen LogP contribution is 2.29. The molecular formula is C18H16F3N2O2+. The van der Waals surface area contributed by atoms with Gasteiger partial charge in [0.05, 0.1) is 17.7 Å². The van der Waals surface area contributed by atoms with Crippen molar-refractivity contribution in [3.8, 4) is 0 Å². The van der Waals surface area contributed by atoms with Gasteiger partial charge in [-0.2, -0.15) is 13.2 Å². The average molecular weight is 349 g/mol. The Kier molecular flexibility index (Phi) is 4.59. The number of para-hydroxylation sites is 1. The van der Waals surface area contributed by atoms with E-state index in [1.54, 1.807) is 41.7 Å². The molecule has 1 aliphatic rings. The third-order valence-corrected chi connectivity index (χ3v) is 4.09. The molecule has 25 heavy (non-hydrogen) atoms. The first-order valence-electron chi connectivity index (χ1n) is 7.77. The summed E-state index contributed by atoms with van der Waals surface area (Å²) in [7, 11) is 0. The molecule has 2 aromatic carbocycles. The van der Waals surface area contributed by atoms with Crippen LogP contribution in [0.1, 0.15) is 17.5 Å². The van der Waals surface area contributed by atoms with Crippen molar-refractivity contribution in [3.63, 3.8) is 0 Å². The number of nitrogens with zero attached hydrogens (tertiary/aromatic N) is 1. The van der Waals surface area contributed by atoms with Crippen LogP contribution in [-0.2, 0) is 22.3 Å². The molecule has 2 aromatic rings. The van der Waals surface area contributed by atoms with Gasteiger partial charge in [-0.3, -0.25) is 9.59 Å². The van der Waals surface area contributed by atoms with Crippen LogP contribution in [0.3, 0.4) is 0 Å². The lowest BCUT2D eigenvalue weighted by Crippen LogP contribution is -2.90. The minimum Gasteiger partial charge on any atom is -0.332 e. The topological polar surface area (TPSA) is 54.0 Å². The molecule has 3 rings (SSSR count). The Balaban J connectivity index is 1.69. The molecule has 0 aliphatic carbocycles. The first-order chi connectivity index (χ1) is 11.9. The molecule has 0 aromatic heterocycles. The molecule has 1 saturated heterocycles. The zero-order valence-corrected chi connectivity index (χ0v) is 13.2. The number of carbonyl (C=O) groups excluding carboxylic acids is 2. The molecule has 0 saturated carbocycles. The number of hydrogen-bond acceptors (Lipinski definition) is 2. The van der Waals surface area contributed by atoms with Crippen LogP contribution in [0, 0.1) is 0 Å². The fourth-order valence-electron chi connectivity index (χ4n) is 2.84. The molecule has 0 radical (unpaired) electrons. The smallest absolute Gasteiger partial charge is 0.332 e. The minimum atomic E-state index is -4.40. The number of rotatable bonds is 4. The number of benzene rings is 2. The minimum absolute atomic E-state index is 0.0344. The van der Waals surface area contributed by atoms with Crippen LogP contribution >= 0.6 is 0 Å². The van der Waals surface area contributed by atoms with Crippen LogP contribution in [0.2, 0.25) is 0 Å². The van der Waals surface area contributed by atoms with Crippen LogP contribution in [0.5, 0.6) is 0 Å². The number of hydrogen-bond donors (Lipinski definition) is 1. The second kappa shape index (κ2) is 6.68. The van der Waals surface area contributed by atoms with E-state index >= 15 is 0 Å². The zero-order valence-electron chi connectivity index (χ0n) is 13.2. The van der Waals surface area contributed by atoms with Crippen LogP contribution in [0.15, 0.2) is 54.6 Å². The van der Waals surface area contributed by atoms with Gasteiger partial charge in [0.1, 0.15) is 6.54 Å². The Morgan fingerprint density at radius 1 is 1.04 bits per heavy atom. The molecule has 4 nitrogen and oxygen atoms in total. The maximum atomic E-state index is 12.7. The molecule has 1 fully saturated rings. The molecule has 1 aliphatic heterocycles. The van der Waals surface area contributed by atoms with Gasteiger partial charge < -0.3 is 5.32 Å². The lowest BCUT2D eigenvalue weighted by Gasteiger charge is -2.14. The summed E-state index contributed by atoms with van der Waals surface area (Å²) in [6.45, 7) is 0.191. The molecule has 2 N–H and O–H groups in total. The van der Waals surface area contributed by atoms with E-state index in [0.29, 0.717) is 11.3 Å². The van der Waals surface area contributed by atoms with E-state index in [2.05, 4.69) is 0 Å². The predicted molar refractivity (Wildman–Crippen MR) is 84.4 cm³/mol. The third kappa shape index (κ3) is 3.71. The first-order valence-corrected chi connectivity index (χ1v) is 7.77. The number of imide groups is 1. The van der Waals surface area contributed by atoms with E-state index in [0.717, 1.165) is 17.0 Å². The standard InChI is InChI=1S/C18H15F3N2O2/c19-18(20,21)13-6-4-5-12(9-13)11-22-15-10-16(24)23(17(15)25)14-7-2-1-3-8-14/h1-9,15,22H,10-11H2/p+1/t15-/m0/s1. The van der Waals surface area contributed by atoms with Gasteiger partial charge in [0.25, 0.3) is 5.91 Å². The lowest BCUT2D eigenvalue weighted by molar-refractivity contribution is -0.690. The maximum absolute atomic E-state index is 12.7. The Bertz CT molecular complexity index is 790. The fraction of sp³-hybridized carbons (Fsp3) is 0.222. The molecule has 1 heterocycles. The Morgan fingerprint density at radius 3 is 2.44 bits per heavy atom. The lowest BCUT2D eigenvalue weighted by atomic mass is 10.1. The van der Waals surface area contributed by atoms with Crippen molar-refractivity contribution >= 4 is 17.5 Å². The number of nitrogens with two attached hydrogens (primary N) is 1. The number of alkyl halides is 3.